The van der Waals surface area contributed by atoms with Gasteiger partial charge >= 0.3 is 19.8 Å². The van der Waals surface area contributed by atoms with Crippen LogP contribution in [-0.2, 0) is 32.7 Å². The van der Waals surface area contributed by atoms with E-state index in [-0.39, 0.29) is 32.0 Å². The first-order valence-electron chi connectivity index (χ1n) is 21.7. The van der Waals surface area contributed by atoms with Crippen LogP contribution in [0.15, 0.2) is 36.5 Å². The second-order valence-electron chi connectivity index (χ2n) is 15.7. The Labute approximate surface area is 331 Å². The minimum atomic E-state index is -4.38. The molecule has 10 heteroatoms. The van der Waals surface area contributed by atoms with Crippen molar-refractivity contribution in [1.29, 1.82) is 0 Å². The Morgan fingerprint density at radius 1 is 0.574 bits per heavy atom. The van der Waals surface area contributed by atoms with Gasteiger partial charge in [-0.05, 0) is 64.2 Å². The Morgan fingerprint density at radius 3 is 1.56 bits per heavy atom. The van der Waals surface area contributed by atoms with Gasteiger partial charge in [0.1, 0.15) is 19.8 Å². The van der Waals surface area contributed by atoms with Crippen LogP contribution in [0.5, 0.6) is 0 Å². The maximum atomic E-state index is 12.7. The second-order valence-corrected chi connectivity index (χ2v) is 17.2. The van der Waals surface area contributed by atoms with E-state index in [9.17, 15) is 19.0 Å². The molecule has 0 aromatic rings. The summed E-state index contributed by atoms with van der Waals surface area (Å²) in [5.74, 6) is -0.820. The summed E-state index contributed by atoms with van der Waals surface area (Å²) in [7, 11) is 1.46. The lowest BCUT2D eigenvalue weighted by molar-refractivity contribution is -0.870. The van der Waals surface area contributed by atoms with Crippen molar-refractivity contribution in [1.82, 2.24) is 0 Å². The number of allylic oxidation sites excluding steroid dienone is 6. The summed E-state index contributed by atoms with van der Waals surface area (Å²) in [5.41, 5.74) is 0. The molecule has 0 aromatic heterocycles. The maximum absolute atomic E-state index is 12.7. The highest BCUT2D eigenvalue weighted by Gasteiger charge is 2.27. The average Bonchev–Trinajstić information content (AvgIpc) is 3.12. The SMILES string of the molecule is CCC/C=C\C/C=C\CCCCCCCC(=O)OC(COC(=O)CCCCCCCCC/C=C\CCCCCCCC)COP(=O)(O)OCC[N+](C)(C)C. The van der Waals surface area contributed by atoms with Crippen LogP contribution in [0.2, 0.25) is 0 Å². The number of quaternary nitrogens is 1. The van der Waals surface area contributed by atoms with Gasteiger partial charge in [0.05, 0.1) is 27.7 Å². The Morgan fingerprint density at radius 2 is 1.04 bits per heavy atom. The molecule has 54 heavy (non-hydrogen) atoms. The monoisotopic (exact) mass is 785 g/mol. The van der Waals surface area contributed by atoms with Gasteiger partial charge in [-0.25, -0.2) is 4.57 Å². The molecule has 0 spiro atoms. The number of nitrogens with zero attached hydrogens (tertiary/aromatic N) is 1. The summed E-state index contributed by atoms with van der Waals surface area (Å²) in [6, 6.07) is 0. The molecule has 0 aliphatic heterocycles. The van der Waals surface area contributed by atoms with Crippen molar-refractivity contribution in [2.45, 2.75) is 187 Å². The normalized spacial score (nSPS) is 14.0. The highest BCUT2D eigenvalue weighted by atomic mass is 31.2. The lowest BCUT2D eigenvalue weighted by Gasteiger charge is -2.24. The van der Waals surface area contributed by atoms with Crippen LogP contribution in [0, 0.1) is 0 Å². The fraction of sp³-hybridized carbons (Fsp3) is 0.818. The molecule has 316 valence electrons. The molecule has 0 amide bonds. The summed E-state index contributed by atoms with van der Waals surface area (Å²) in [5, 5.41) is 0. The van der Waals surface area contributed by atoms with E-state index in [2.05, 4.69) is 50.3 Å². The number of carbonyl (C=O) groups is 2. The van der Waals surface area contributed by atoms with E-state index in [0.29, 0.717) is 17.4 Å². The van der Waals surface area contributed by atoms with Crippen LogP contribution >= 0.6 is 7.82 Å². The minimum Gasteiger partial charge on any atom is -0.462 e. The quantitative estimate of drug-likeness (QED) is 0.0216. The first kappa shape index (κ1) is 52.2. The molecule has 0 aromatic carbocycles. The fourth-order valence-corrected chi connectivity index (χ4v) is 6.43. The summed E-state index contributed by atoms with van der Waals surface area (Å²) in [6.45, 7) is 4.33. The maximum Gasteiger partial charge on any atom is 0.472 e. The van der Waals surface area contributed by atoms with Gasteiger partial charge in [0.15, 0.2) is 6.10 Å². The molecule has 0 fully saturated rings. The zero-order valence-electron chi connectivity index (χ0n) is 35.5. The summed E-state index contributed by atoms with van der Waals surface area (Å²) >= 11 is 0. The predicted octanol–water partition coefficient (Wildman–Crippen LogP) is 12.1. The van der Waals surface area contributed by atoms with E-state index in [4.69, 9.17) is 18.5 Å². The number of hydrogen-bond donors (Lipinski definition) is 1. The molecule has 0 rings (SSSR count). The number of hydrogen-bond acceptors (Lipinski definition) is 7. The van der Waals surface area contributed by atoms with Crippen LogP contribution in [0.1, 0.15) is 181 Å². The standard InChI is InChI=1S/C44H82NO8P/c1-6-8-10-12-14-16-18-20-21-22-23-25-26-28-30-32-34-36-43(46)50-40-42(41-52-54(48,49)51-39-38-45(3,4)5)53-44(47)37-35-33-31-29-27-24-19-17-15-13-11-9-7-2/h11,13,17,19-21,42H,6-10,12,14-16,18,22-41H2,1-5H3/p+1/b13-11-,19-17-,21-20-. The summed E-state index contributed by atoms with van der Waals surface area (Å²) in [6.07, 6.45) is 40.4. The van der Waals surface area contributed by atoms with Crippen molar-refractivity contribution in [3.05, 3.63) is 36.5 Å². The lowest BCUT2D eigenvalue weighted by Crippen LogP contribution is -2.37. The van der Waals surface area contributed by atoms with Crippen LogP contribution in [0.25, 0.3) is 0 Å². The third-order valence-electron chi connectivity index (χ3n) is 9.12. The van der Waals surface area contributed by atoms with E-state index < -0.39 is 26.5 Å². The van der Waals surface area contributed by atoms with Crippen molar-refractivity contribution in [3.8, 4) is 0 Å². The molecule has 0 aliphatic rings. The van der Waals surface area contributed by atoms with Gasteiger partial charge in [-0.15, -0.1) is 0 Å². The molecule has 9 nitrogen and oxygen atoms in total. The van der Waals surface area contributed by atoms with Gasteiger partial charge in [-0.1, -0.05) is 140 Å². The Hall–Kier alpha value is -1.77. The third-order valence-corrected chi connectivity index (χ3v) is 10.1. The molecule has 0 heterocycles. The molecule has 0 bridgehead atoms. The van der Waals surface area contributed by atoms with Crippen molar-refractivity contribution in [2.75, 3.05) is 47.5 Å². The zero-order valence-corrected chi connectivity index (χ0v) is 36.3. The fourth-order valence-electron chi connectivity index (χ4n) is 5.69. The second kappa shape index (κ2) is 36.8. The molecule has 0 saturated carbocycles. The van der Waals surface area contributed by atoms with Crippen molar-refractivity contribution in [3.63, 3.8) is 0 Å². The van der Waals surface area contributed by atoms with Gasteiger partial charge in [0.2, 0.25) is 0 Å². The van der Waals surface area contributed by atoms with Crippen LogP contribution < -0.4 is 0 Å². The van der Waals surface area contributed by atoms with E-state index in [1.54, 1.807) is 0 Å². The number of carbonyl (C=O) groups excluding carboxylic acids is 2. The summed E-state index contributed by atoms with van der Waals surface area (Å²) in [4.78, 5) is 35.3. The Balaban J connectivity index is 4.37. The number of rotatable bonds is 39. The lowest BCUT2D eigenvalue weighted by atomic mass is 10.1. The Bertz CT molecular complexity index is 1020. The Kier molecular flexibility index (Phi) is 35.6. The van der Waals surface area contributed by atoms with E-state index in [1.165, 1.54) is 83.5 Å². The van der Waals surface area contributed by atoms with Gasteiger partial charge in [-0.2, -0.15) is 0 Å². The van der Waals surface area contributed by atoms with Crippen LogP contribution in [0.3, 0.4) is 0 Å². The van der Waals surface area contributed by atoms with Gasteiger partial charge in [0, 0.05) is 12.8 Å². The molecular formula is C44H83NO8P+. The van der Waals surface area contributed by atoms with E-state index >= 15 is 0 Å². The van der Waals surface area contributed by atoms with E-state index in [1.807, 2.05) is 21.1 Å². The number of phosphoric acid groups is 1. The number of unbranched alkanes of at least 4 members (excludes halogenated alkanes) is 19. The molecule has 2 atom stereocenters. The molecule has 0 saturated heterocycles. The van der Waals surface area contributed by atoms with Crippen molar-refractivity contribution >= 4 is 19.8 Å². The number of ether oxygens (including phenoxy) is 2. The van der Waals surface area contributed by atoms with Gasteiger partial charge < -0.3 is 18.9 Å². The molecule has 2 unspecified atom stereocenters. The van der Waals surface area contributed by atoms with E-state index in [0.717, 1.165) is 64.2 Å². The average molecular weight is 785 g/mol. The molecule has 0 radical (unpaired) electrons. The summed E-state index contributed by atoms with van der Waals surface area (Å²) < 4.78 is 34.3. The minimum absolute atomic E-state index is 0.0279. The number of phosphoric ester groups is 1. The van der Waals surface area contributed by atoms with Crippen LogP contribution in [-0.4, -0.2) is 74.9 Å². The van der Waals surface area contributed by atoms with Crippen molar-refractivity contribution in [2.24, 2.45) is 0 Å². The van der Waals surface area contributed by atoms with Gasteiger partial charge in [0.25, 0.3) is 0 Å². The highest BCUT2D eigenvalue weighted by Crippen LogP contribution is 2.43. The topological polar surface area (TPSA) is 108 Å². The first-order valence-corrected chi connectivity index (χ1v) is 23.2. The third kappa shape index (κ3) is 39.9. The highest BCUT2D eigenvalue weighted by molar-refractivity contribution is 7.47. The van der Waals surface area contributed by atoms with Gasteiger partial charge in [-0.3, -0.25) is 18.6 Å². The van der Waals surface area contributed by atoms with Crippen LogP contribution in [0.4, 0.5) is 0 Å². The largest absolute Gasteiger partial charge is 0.472 e. The first-order chi connectivity index (χ1) is 26.0. The smallest absolute Gasteiger partial charge is 0.462 e. The molecule has 1 N–H and O–H groups in total. The zero-order chi connectivity index (χ0) is 40.0. The number of likely N-dealkylation sites (N-methyl/N-ethyl adjacent to an activating group) is 1. The molecular weight excluding hydrogens is 701 g/mol. The predicted molar refractivity (Wildman–Crippen MR) is 224 cm³/mol. The van der Waals surface area contributed by atoms with Crippen molar-refractivity contribution < 1.29 is 42.1 Å². The number of esters is 2. The molecule has 0 aliphatic carbocycles.